The standard InChI is InChI=1S/C11H14N2O4/c1-7-2-4-8(5-3-7)10(12)11(16)13-17-6-9(14)15/h2-5,10H,6,12H2,1H3,(H,13,16)(H,14,15). The zero-order valence-corrected chi connectivity index (χ0v) is 9.34. The van der Waals surface area contributed by atoms with Crippen LogP contribution in [0.4, 0.5) is 0 Å². The van der Waals surface area contributed by atoms with Crippen LogP contribution >= 0.6 is 0 Å². The average Bonchev–Trinajstić information content (AvgIpc) is 2.28. The van der Waals surface area contributed by atoms with Crippen LogP contribution in [0.1, 0.15) is 17.2 Å². The second-order valence-corrected chi connectivity index (χ2v) is 3.54. The van der Waals surface area contributed by atoms with Gasteiger partial charge in [0.2, 0.25) is 0 Å². The minimum absolute atomic E-state index is 0.588. The molecule has 0 aromatic heterocycles. The Bertz CT molecular complexity index is 402. The second kappa shape index (κ2) is 5.97. The smallest absolute Gasteiger partial charge is 0.332 e. The van der Waals surface area contributed by atoms with Gasteiger partial charge < -0.3 is 10.8 Å². The summed E-state index contributed by atoms with van der Waals surface area (Å²) in [6, 6.07) is 6.25. The number of carbonyl (C=O) groups is 2. The van der Waals surface area contributed by atoms with Gasteiger partial charge in [-0.05, 0) is 12.5 Å². The van der Waals surface area contributed by atoms with Crippen molar-refractivity contribution >= 4 is 11.9 Å². The normalized spacial score (nSPS) is 11.9. The van der Waals surface area contributed by atoms with E-state index in [4.69, 9.17) is 10.8 Å². The molecule has 17 heavy (non-hydrogen) atoms. The lowest BCUT2D eigenvalue weighted by atomic mass is 10.1. The summed E-state index contributed by atoms with van der Waals surface area (Å²) in [5.74, 6) is -1.76. The monoisotopic (exact) mass is 238 g/mol. The van der Waals surface area contributed by atoms with Crippen molar-refractivity contribution in [1.29, 1.82) is 0 Å². The molecule has 1 unspecified atom stereocenters. The Kier molecular flexibility index (Phi) is 4.62. The maximum Gasteiger partial charge on any atom is 0.332 e. The molecule has 92 valence electrons. The van der Waals surface area contributed by atoms with E-state index >= 15 is 0 Å². The van der Waals surface area contributed by atoms with Gasteiger partial charge >= 0.3 is 5.97 Å². The average molecular weight is 238 g/mol. The van der Waals surface area contributed by atoms with Crippen LogP contribution in [0.2, 0.25) is 0 Å². The number of carbonyl (C=O) groups excluding carboxylic acids is 1. The molecule has 0 radical (unpaired) electrons. The lowest BCUT2D eigenvalue weighted by molar-refractivity contribution is -0.149. The predicted octanol–water partition coefficient (Wildman–Crippen LogP) is 0.127. The zero-order chi connectivity index (χ0) is 12.8. The van der Waals surface area contributed by atoms with Crippen molar-refractivity contribution < 1.29 is 19.5 Å². The minimum atomic E-state index is -1.17. The SMILES string of the molecule is Cc1ccc(C(N)C(=O)NOCC(=O)O)cc1. The van der Waals surface area contributed by atoms with E-state index in [2.05, 4.69) is 4.84 Å². The Hall–Kier alpha value is -1.92. The number of hydroxylamine groups is 1. The van der Waals surface area contributed by atoms with E-state index in [9.17, 15) is 9.59 Å². The Morgan fingerprint density at radius 2 is 2.00 bits per heavy atom. The van der Waals surface area contributed by atoms with E-state index < -0.39 is 24.5 Å². The van der Waals surface area contributed by atoms with Gasteiger partial charge in [-0.2, -0.15) is 0 Å². The quantitative estimate of drug-likeness (QED) is 0.633. The van der Waals surface area contributed by atoms with Gasteiger partial charge in [-0.15, -0.1) is 0 Å². The van der Waals surface area contributed by atoms with Crippen molar-refractivity contribution in [2.24, 2.45) is 5.73 Å². The van der Waals surface area contributed by atoms with Crippen LogP contribution < -0.4 is 11.2 Å². The summed E-state index contributed by atoms with van der Waals surface area (Å²) >= 11 is 0. The summed E-state index contributed by atoms with van der Waals surface area (Å²) in [5.41, 5.74) is 9.34. The second-order valence-electron chi connectivity index (χ2n) is 3.54. The fourth-order valence-corrected chi connectivity index (χ4v) is 1.16. The zero-order valence-electron chi connectivity index (χ0n) is 9.34. The number of nitrogens with one attached hydrogen (secondary N) is 1. The van der Waals surface area contributed by atoms with E-state index in [0.29, 0.717) is 5.56 Å². The maximum absolute atomic E-state index is 11.5. The molecule has 0 saturated heterocycles. The molecule has 0 heterocycles. The first kappa shape index (κ1) is 13.1. The van der Waals surface area contributed by atoms with Crippen LogP contribution in [0.15, 0.2) is 24.3 Å². The van der Waals surface area contributed by atoms with Gasteiger partial charge in [0.05, 0.1) is 0 Å². The van der Waals surface area contributed by atoms with Crippen molar-refractivity contribution in [3.05, 3.63) is 35.4 Å². The van der Waals surface area contributed by atoms with Gasteiger partial charge in [0, 0.05) is 0 Å². The van der Waals surface area contributed by atoms with Gasteiger partial charge in [0.25, 0.3) is 5.91 Å². The van der Waals surface area contributed by atoms with Crippen molar-refractivity contribution in [2.45, 2.75) is 13.0 Å². The number of amides is 1. The minimum Gasteiger partial charge on any atom is -0.479 e. The summed E-state index contributed by atoms with van der Waals surface area (Å²) in [4.78, 5) is 26.1. The van der Waals surface area contributed by atoms with Crippen LogP contribution in [-0.4, -0.2) is 23.6 Å². The van der Waals surface area contributed by atoms with Crippen LogP contribution in [0.3, 0.4) is 0 Å². The molecule has 0 bridgehead atoms. The van der Waals surface area contributed by atoms with E-state index in [1.807, 2.05) is 24.5 Å². The highest BCUT2D eigenvalue weighted by atomic mass is 16.7. The van der Waals surface area contributed by atoms with Crippen molar-refractivity contribution in [3.63, 3.8) is 0 Å². The van der Waals surface area contributed by atoms with E-state index in [0.717, 1.165) is 5.56 Å². The molecular formula is C11H14N2O4. The fraction of sp³-hybridized carbons (Fsp3) is 0.273. The maximum atomic E-state index is 11.5. The highest BCUT2D eigenvalue weighted by Gasteiger charge is 2.15. The molecule has 0 saturated carbocycles. The summed E-state index contributed by atoms with van der Waals surface area (Å²) in [6.07, 6.45) is 0. The number of carboxylic acid groups (broad SMARTS) is 1. The first-order chi connectivity index (χ1) is 8.00. The van der Waals surface area contributed by atoms with Crippen molar-refractivity contribution in [3.8, 4) is 0 Å². The van der Waals surface area contributed by atoms with Crippen LogP contribution in [0.25, 0.3) is 0 Å². The van der Waals surface area contributed by atoms with Crippen molar-refractivity contribution in [2.75, 3.05) is 6.61 Å². The third kappa shape index (κ3) is 4.21. The number of carboxylic acids is 1. The highest BCUT2D eigenvalue weighted by Crippen LogP contribution is 2.11. The number of benzene rings is 1. The van der Waals surface area contributed by atoms with Gasteiger partial charge in [-0.1, -0.05) is 29.8 Å². The summed E-state index contributed by atoms with van der Waals surface area (Å²) in [6.45, 7) is 1.32. The fourth-order valence-electron chi connectivity index (χ4n) is 1.16. The molecule has 1 aromatic rings. The van der Waals surface area contributed by atoms with Gasteiger partial charge in [0.1, 0.15) is 6.04 Å². The third-order valence-corrected chi connectivity index (χ3v) is 2.09. The van der Waals surface area contributed by atoms with E-state index in [-0.39, 0.29) is 0 Å². The molecule has 0 spiro atoms. The molecule has 4 N–H and O–H groups in total. The number of aryl methyl sites for hydroxylation is 1. The first-order valence-electron chi connectivity index (χ1n) is 4.96. The Morgan fingerprint density at radius 1 is 1.41 bits per heavy atom. The first-order valence-corrected chi connectivity index (χ1v) is 4.96. The largest absolute Gasteiger partial charge is 0.479 e. The lowest BCUT2D eigenvalue weighted by Crippen LogP contribution is -2.35. The molecule has 0 aliphatic carbocycles. The molecular weight excluding hydrogens is 224 g/mol. The Labute approximate surface area is 98.3 Å². The molecule has 1 rings (SSSR count). The molecule has 6 heteroatoms. The third-order valence-electron chi connectivity index (χ3n) is 2.09. The summed E-state index contributed by atoms with van der Waals surface area (Å²) in [5, 5.41) is 8.30. The Morgan fingerprint density at radius 3 is 2.53 bits per heavy atom. The number of aliphatic carboxylic acids is 1. The van der Waals surface area contributed by atoms with Gasteiger partial charge in [-0.25, -0.2) is 10.3 Å². The molecule has 1 amide bonds. The number of hydrogen-bond donors (Lipinski definition) is 3. The van der Waals surface area contributed by atoms with Crippen molar-refractivity contribution in [1.82, 2.24) is 5.48 Å². The van der Waals surface area contributed by atoms with Crippen LogP contribution in [0, 0.1) is 6.92 Å². The number of rotatable bonds is 5. The van der Waals surface area contributed by atoms with Gasteiger partial charge in [0.15, 0.2) is 6.61 Å². The molecule has 1 atom stereocenters. The van der Waals surface area contributed by atoms with Gasteiger partial charge in [-0.3, -0.25) is 9.63 Å². The molecule has 0 fully saturated rings. The highest BCUT2D eigenvalue weighted by molar-refractivity contribution is 5.82. The van der Waals surface area contributed by atoms with E-state index in [1.54, 1.807) is 12.1 Å². The van der Waals surface area contributed by atoms with Crippen LogP contribution in [-0.2, 0) is 14.4 Å². The van der Waals surface area contributed by atoms with Crippen LogP contribution in [0.5, 0.6) is 0 Å². The molecule has 1 aromatic carbocycles. The predicted molar refractivity (Wildman–Crippen MR) is 59.8 cm³/mol. The Balaban J connectivity index is 2.51. The lowest BCUT2D eigenvalue weighted by Gasteiger charge is -2.11. The van der Waals surface area contributed by atoms with E-state index in [1.165, 1.54) is 0 Å². The molecule has 6 nitrogen and oxygen atoms in total. The summed E-state index contributed by atoms with van der Waals surface area (Å²) < 4.78 is 0. The number of nitrogens with two attached hydrogens (primary N) is 1. The molecule has 0 aliphatic heterocycles. The topological polar surface area (TPSA) is 102 Å². The molecule has 0 aliphatic rings. The summed E-state index contributed by atoms with van der Waals surface area (Å²) in [7, 11) is 0. The number of hydrogen-bond acceptors (Lipinski definition) is 4.